The van der Waals surface area contributed by atoms with E-state index >= 15 is 0 Å². The van der Waals surface area contributed by atoms with Crippen molar-refractivity contribution in [2.45, 2.75) is 83.6 Å². The number of unbranched alkanes of at least 4 members (excludes halogenated alkanes) is 9. The van der Waals surface area contributed by atoms with Crippen molar-refractivity contribution in [3.8, 4) is 0 Å². The quantitative estimate of drug-likeness (QED) is 0.500. The molecule has 1 aromatic heterocycles. The molecule has 110 valence electrons. The van der Waals surface area contributed by atoms with Crippen LogP contribution in [0.3, 0.4) is 0 Å². The molecule has 0 radical (unpaired) electrons. The molecule has 2 heteroatoms. The zero-order chi connectivity index (χ0) is 13.8. The summed E-state index contributed by atoms with van der Waals surface area (Å²) >= 11 is 0. The molecule has 0 saturated carbocycles. The van der Waals surface area contributed by atoms with Crippen LogP contribution in [0, 0.1) is 0 Å². The minimum atomic E-state index is 0.160. The standard InChI is InChI=1S/C17H31NO/c1-2-3-4-5-6-7-8-9-10-11-12-17(18)16-13-14-19-15-16/h13-15,17H,2-12,18H2,1H3. The van der Waals surface area contributed by atoms with E-state index in [2.05, 4.69) is 6.92 Å². The molecule has 0 aliphatic heterocycles. The smallest absolute Gasteiger partial charge is 0.0950 e. The number of hydrogen-bond donors (Lipinski definition) is 1. The van der Waals surface area contributed by atoms with E-state index in [9.17, 15) is 0 Å². The van der Waals surface area contributed by atoms with Gasteiger partial charge in [-0.15, -0.1) is 0 Å². The van der Waals surface area contributed by atoms with Crippen LogP contribution in [0.4, 0.5) is 0 Å². The van der Waals surface area contributed by atoms with Crippen LogP contribution >= 0.6 is 0 Å². The molecular formula is C17H31NO. The van der Waals surface area contributed by atoms with Gasteiger partial charge in [0.25, 0.3) is 0 Å². The van der Waals surface area contributed by atoms with Gasteiger partial charge < -0.3 is 10.2 Å². The molecule has 1 atom stereocenters. The van der Waals surface area contributed by atoms with E-state index in [1.54, 1.807) is 12.5 Å². The molecule has 2 nitrogen and oxygen atoms in total. The third-order valence-electron chi connectivity index (χ3n) is 3.84. The Balaban J connectivity index is 1.83. The lowest BCUT2D eigenvalue weighted by molar-refractivity contribution is 0.522. The normalized spacial score (nSPS) is 12.7. The second kappa shape index (κ2) is 11.1. The molecule has 1 heterocycles. The summed E-state index contributed by atoms with van der Waals surface area (Å²) in [6.07, 6.45) is 18.3. The first-order valence-electron chi connectivity index (χ1n) is 8.12. The maximum absolute atomic E-state index is 6.09. The highest BCUT2D eigenvalue weighted by molar-refractivity contribution is 5.10. The average molecular weight is 265 g/mol. The van der Waals surface area contributed by atoms with Crippen LogP contribution < -0.4 is 5.73 Å². The number of furan rings is 1. The molecule has 0 aromatic carbocycles. The Bertz CT molecular complexity index is 281. The minimum absolute atomic E-state index is 0.160. The Hall–Kier alpha value is -0.760. The SMILES string of the molecule is CCCCCCCCCCCCC(N)c1ccoc1. The number of hydrogen-bond acceptors (Lipinski definition) is 2. The van der Waals surface area contributed by atoms with Gasteiger partial charge in [0.1, 0.15) is 0 Å². The Morgan fingerprint density at radius 3 is 2.05 bits per heavy atom. The van der Waals surface area contributed by atoms with E-state index in [4.69, 9.17) is 10.2 Å². The molecular weight excluding hydrogens is 234 g/mol. The summed E-state index contributed by atoms with van der Waals surface area (Å²) in [6, 6.07) is 2.13. The van der Waals surface area contributed by atoms with E-state index in [1.165, 1.54) is 64.2 Å². The van der Waals surface area contributed by atoms with Crippen molar-refractivity contribution >= 4 is 0 Å². The van der Waals surface area contributed by atoms with E-state index in [-0.39, 0.29) is 6.04 Å². The van der Waals surface area contributed by atoms with Gasteiger partial charge in [0.15, 0.2) is 0 Å². The maximum atomic E-state index is 6.09. The summed E-state index contributed by atoms with van der Waals surface area (Å²) in [5.41, 5.74) is 7.22. The lowest BCUT2D eigenvalue weighted by Crippen LogP contribution is -2.08. The second-order valence-corrected chi connectivity index (χ2v) is 5.63. The van der Waals surface area contributed by atoms with Gasteiger partial charge in [-0.1, -0.05) is 71.1 Å². The van der Waals surface area contributed by atoms with Crippen LogP contribution in [0.2, 0.25) is 0 Å². The van der Waals surface area contributed by atoms with Crippen LogP contribution in [0.1, 0.15) is 89.2 Å². The lowest BCUT2D eigenvalue weighted by atomic mass is 10.0. The molecule has 0 aliphatic carbocycles. The molecule has 0 aliphatic rings. The van der Waals surface area contributed by atoms with Gasteiger partial charge in [-0.2, -0.15) is 0 Å². The first-order valence-corrected chi connectivity index (χ1v) is 8.12. The van der Waals surface area contributed by atoms with Crippen molar-refractivity contribution in [1.82, 2.24) is 0 Å². The van der Waals surface area contributed by atoms with Crippen molar-refractivity contribution in [1.29, 1.82) is 0 Å². The number of rotatable bonds is 12. The van der Waals surface area contributed by atoms with Crippen molar-refractivity contribution in [3.05, 3.63) is 24.2 Å². The summed E-state index contributed by atoms with van der Waals surface area (Å²) in [5, 5.41) is 0. The average Bonchev–Trinajstić information content (AvgIpc) is 2.95. The van der Waals surface area contributed by atoms with Gasteiger partial charge in [-0.3, -0.25) is 0 Å². The predicted octanol–water partition coefficient (Wildman–Crippen LogP) is 5.59. The van der Waals surface area contributed by atoms with Crippen LogP contribution in [-0.4, -0.2) is 0 Å². The molecule has 0 amide bonds. The van der Waals surface area contributed by atoms with E-state index in [0.717, 1.165) is 12.0 Å². The van der Waals surface area contributed by atoms with Gasteiger partial charge in [0.05, 0.1) is 12.5 Å². The van der Waals surface area contributed by atoms with Gasteiger partial charge in [-0.05, 0) is 12.5 Å². The Kier molecular flexibility index (Phi) is 9.52. The van der Waals surface area contributed by atoms with Crippen molar-refractivity contribution in [2.75, 3.05) is 0 Å². The van der Waals surface area contributed by atoms with E-state index < -0.39 is 0 Å². The summed E-state index contributed by atoms with van der Waals surface area (Å²) < 4.78 is 5.06. The molecule has 1 rings (SSSR count). The molecule has 0 bridgehead atoms. The van der Waals surface area contributed by atoms with Gasteiger partial charge in [0, 0.05) is 11.6 Å². The largest absolute Gasteiger partial charge is 0.472 e. The lowest BCUT2D eigenvalue weighted by Gasteiger charge is -2.08. The first-order chi connectivity index (χ1) is 9.34. The molecule has 1 aromatic rings. The monoisotopic (exact) mass is 265 g/mol. The summed E-state index contributed by atoms with van der Waals surface area (Å²) in [7, 11) is 0. The molecule has 0 saturated heterocycles. The molecule has 2 N–H and O–H groups in total. The highest BCUT2D eigenvalue weighted by Gasteiger charge is 2.06. The Morgan fingerprint density at radius 2 is 1.53 bits per heavy atom. The topological polar surface area (TPSA) is 39.2 Å². The fraction of sp³-hybridized carbons (Fsp3) is 0.765. The van der Waals surface area contributed by atoms with E-state index in [1.807, 2.05) is 6.07 Å². The fourth-order valence-corrected chi connectivity index (χ4v) is 2.50. The Labute approximate surface area is 118 Å². The predicted molar refractivity (Wildman–Crippen MR) is 82.1 cm³/mol. The summed E-state index contributed by atoms with van der Waals surface area (Å²) in [6.45, 7) is 2.27. The second-order valence-electron chi connectivity index (χ2n) is 5.63. The zero-order valence-electron chi connectivity index (χ0n) is 12.6. The minimum Gasteiger partial charge on any atom is -0.472 e. The molecule has 1 unspecified atom stereocenters. The summed E-state index contributed by atoms with van der Waals surface area (Å²) in [4.78, 5) is 0. The highest BCUT2D eigenvalue weighted by Crippen LogP contribution is 2.18. The van der Waals surface area contributed by atoms with Crippen molar-refractivity contribution in [2.24, 2.45) is 5.73 Å². The zero-order valence-corrected chi connectivity index (χ0v) is 12.6. The molecule has 19 heavy (non-hydrogen) atoms. The van der Waals surface area contributed by atoms with Crippen molar-refractivity contribution in [3.63, 3.8) is 0 Å². The van der Waals surface area contributed by atoms with Gasteiger partial charge in [-0.25, -0.2) is 0 Å². The van der Waals surface area contributed by atoms with Crippen LogP contribution in [0.25, 0.3) is 0 Å². The van der Waals surface area contributed by atoms with Gasteiger partial charge >= 0.3 is 0 Å². The summed E-state index contributed by atoms with van der Waals surface area (Å²) in [5.74, 6) is 0. The molecule has 0 fully saturated rings. The number of nitrogens with two attached hydrogens (primary N) is 1. The highest BCUT2D eigenvalue weighted by atomic mass is 16.3. The fourth-order valence-electron chi connectivity index (χ4n) is 2.50. The van der Waals surface area contributed by atoms with Crippen LogP contribution in [0.15, 0.2) is 23.0 Å². The van der Waals surface area contributed by atoms with Crippen LogP contribution in [-0.2, 0) is 0 Å². The van der Waals surface area contributed by atoms with E-state index in [0.29, 0.717) is 0 Å². The third kappa shape index (κ3) is 8.10. The molecule has 0 spiro atoms. The Morgan fingerprint density at radius 1 is 0.947 bits per heavy atom. The van der Waals surface area contributed by atoms with Crippen molar-refractivity contribution < 1.29 is 4.42 Å². The van der Waals surface area contributed by atoms with Crippen LogP contribution in [0.5, 0.6) is 0 Å². The first kappa shape index (κ1) is 16.3. The maximum Gasteiger partial charge on any atom is 0.0950 e. The third-order valence-corrected chi connectivity index (χ3v) is 3.84. The van der Waals surface area contributed by atoms with Gasteiger partial charge in [0.2, 0.25) is 0 Å².